The van der Waals surface area contributed by atoms with Gasteiger partial charge in [0.25, 0.3) is 0 Å². The van der Waals surface area contributed by atoms with Crippen molar-refractivity contribution in [1.29, 1.82) is 0 Å². The summed E-state index contributed by atoms with van der Waals surface area (Å²) in [5.41, 5.74) is 0. The fourth-order valence-corrected chi connectivity index (χ4v) is 1.60. The Bertz CT molecular complexity index is 158. The molecular weight excluding hydrogens is 168 g/mol. The Balaban J connectivity index is 2.37. The first kappa shape index (κ1) is 10.5. The van der Waals surface area contributed by atoms with Crippen molar-refractivity contribution in [3.8, 4) is 0 Å². The second kappa shape index (κ2) is 5.25. The van der Waals surface area contributed by atoms with Gasteiger partial charge in [-0.3, -0.25) is 0 Å². The van der Waals surface area contributed by atoms with Gasteiger partial charge in [0.1, 0.15) is 0 Å². The van der Waals surface area contributed by atoms with E-state index in [1.54, 1.807) is 0 Å². The molecule has 0 amide bonds. The average Bonchev–Trinajstić information content (AvgIpc) is 2.12. The summed E-state index contributed by atoms with van der Waals surface area (Å²) in [6, 6.07) is 0. The van der Waals surface area contributed by atoms with Crippen LogP contribution in [-0.2, 0) is 9.47 Å². The zero-order valence-corrected chi connectivity index (χ0v) is 8.11. The fourth-order valence-electron chi connectivity index (χ4n) is 1.60. The highest BCUT2D eigenvalue weighted by Gasteiger charge is 2.29. The molecule has 0 bridgehead atoms. The van der Waals surface area contributed by atoms with Crippen molar-refractivity contribution in [3.63, 3.8) is 0 Å². The molecule has 1 fully saturated rings. The fraction of sp³-hybridized carbons (Fsp3) is 0.800. The lowest BCUT2D eigenvalue weighted by Crippen LogP contribution is -2.39. The zero-order valence-electron chi connectivity index (χ0n) is 8.11. The van der Waals surface area contributed by atoms with E-state index in [2.05, 4.69) is 13.5 Å². The molecule has 1 N–H and O–H groups in total. The largest absolute Gasteiger partial charge is 0.473 e. The van der Waals surface area contributed by atoms with E-state index < -0.39 is 0 Å². The Morgan fingerprint density at radius 1 is 1.62 bits per heavy atom. The van der Waals surface area contributed by atoms with E-state index in [4.69, 9.17) is 9.47 Å². The van der Waals surface area contributed by atoms with Crippen LogP contribution in [0.15, 0.2) is 12.8 Å². The Kier molecular flexibility index (Phi) is 4.25. The monoisotopic (exact) mass is 186 g/mol. The van der Waals surface area contributed by atoms with Crippen LogP contribution in [0, 0.1) is 0 Å². The number of ether oxygens (including phenoxy) is 2. The van der Waals surface area contributed by atoms with Gasteiger partial charge in [0.2, 0.25) is 0 Å². The van der Waals surface area contributed by atoms with Crippen molar-refractivity contribution in [2.75, 3.05) is 0 Å². The summed E-state index contributed by atoms with van der Waals surface area (Å²) in [6.45, 7) is 5.56. The first-order valence-corrected chi connectivity index (χ1v) is 4.87. The molecule has 0 spiro atoms. The second-order valence-corrected chi connectivity index (χ2v) is 3.34. The van der Waals surface area contributed by atoms with E-state index in [-0.39, 0.29) is 18.5 Å². The first-order chi connectivity index (χ1) is 6.27. The highest BCUT2D eigenvalue weighted by atomic mass is 16.7. The standard InChI is InChI=1S/C10H18O3/c1-3-5-9-8(11)6-7-10(13-9)12-4-2/h4,8-11H,2-3,5-7H2,1H3/t8?,9-,10?/m1/s1. The van der Waals surface area contributed by atoms with Gasteiger partial charge in [-0.1, -0.05) is 19.9 Å². The van der Waals surface area contributed by atoms with Crippen LogP contribution in [0.25, 0.3) is 0 Å². The summed E-state index contributed by atoms with van der Waals surface area (Å²) in [5, 5.41) is 9.58. The van der Waals surface area contributed by atoms with Crippen LogP contribution in [-0.4, -0.2) is 23.6 Å². The lowest BCUT2D eigenvalue weighted by atomic mass is 10.0. The van der Waals surface area contributed by atoms with E-state index in [0.717, 1.165) is 25.7 Å². The minimum atomic E-state index is -0.329. The van der Waals surface area contributed by atoms with Crippen LogP contribution in [0.5, 0.6) is 0 Å². The van der Waals surface area contributed by atoms with E-state index in [1.807, 2.05) is 0 Å². The average molecular weight is 186 g/mol. The van der Waals surface area contributed by atoms with Crippen molar-refractivity contribution in [3.05, 3.63) is 12.8 Å². The summed E-state index contributed by atoms with van der Waals surface area (Å²) in [6.07, 6.45) is 4.19. The van der Waals surface area contributed by atoms with Gasteiger partial charge in [-0.15, -0.1) is 0 Å². The maximum absolute atomic E-state index is 9.58. The minimum Gasteiger partial charge on any atom is -0.473 e. The maximum atomic E-state index is 9.58. The number of rotatable bonds is 4. The molecule has 2 unspecified atom stereocenters. The van der Waals surface area contributed by atoms with Crippen LogP contribution in [0.1, 0.15) is 32.6 Å². The smallest absolute Gasteiger partial charge is 0.199 e. The van der Waals surface area contributed by atoms with Crippen molar-refractivity contribution in [2.24, 2.45) is 0 Å². The molecule has 3 atom stereocenters. The summed E-state index contributed by atoms with van der Waals surface area (Å²) in [7, 11) is 0. The van der Waals surface area contributed by atoms with Crippen molar-refractivity contribution in [2.45, 2.75) is 51.1 Å². The predicted molar refractivity (Wildman–Crippen MR) is 50.1 cm³/mol. The molecule has 0 aromatic carbocycles. The zero-order chi connectivity index (χ0) is 9.68. The molecule has 1 aliphatic rings. The Hall–Kier alpha value is -0.540. The summed E-state index contributed by atoms with van der Waals surface area (Å²) in [4.78, 5) is 0. The van der Waals surface area contributed by atoms with Gasteiger partial charge in [0, 0.05) is 6.42 Å². The van der Waals surface area contributed by atoms with Gasteiger partial charge in [-0.05, 0) is 12.8 Å². The van der Waals surface area contributed by atoms with Crippen molar-refractivity contribution < 1.29 is 14.6 Å². The molecule has 0 saturated carbocycles. The molecule has 3 heteroatoms. The van der Waals surface area contributed by atoms with Crippen molar-refractivity contribution in [1.82, 2.24) is 0 Å². The Labute approximate surface area is 79.3 Å². The molecule has 76 valence electrons. The van der Waals surface area contributed by atoms with Crippen LogP contribution >= 0.6 is 0 Å². The van der Waals surface area contributed by atoms with Crippen LogP contribution in [0.4, 0.5) is 0 Å². The lowest BCUT2D eigenvalue weighted by molar-refractivity contribution is -0.203. The summed E-state index contributed by atoms with van der Waals surface area (Å²) in [5.74, 6) is 0. The SMILES string of the molecule is C=COC1CCC(O)[C@@H](CCC)O1. The highest BCUT2D eigenvalue weighted by Crippen LogP contribution is 2.23. The highest BCUT2D eigenvalue weighted by molar-refractivity contribution is 4.75. The molecule has 0 radical (unpaired) electrons. The molecule has 1 heterocycles. The number of aliphatic hydroxyl groups excluding tert-OH is 1. The van der Waals surface area contributed by atoms with Gasteiger partial charge in [-0.2, -0.15) is 0 Å². The van der Waals surface area contributed by atoms with E-state index in [0.29, 0.717) is 0 Å². The maximum Gasteiger partial charge on any atom is 0.199 e. The molecule has 3 nitrogen and oxygen atoms in total. The number of aliphatic hydroxyl groups is 1. The van der Waals surface area contributed by atoms with Crippen molar-refractivity contribution >= 4 is 0 Å². The van der Waals surface area contributed by atoms with Gasteiger partial charge < -0.3 is 14.6 Å². The quantitative estimate of drug-likeness (QED) is 0.680. The van der Waals surface area contributed by atoms with E-state index in [1.165, 1.54) is 6.26 Å². The topological polar surface area (TPSA) is 38.7 Å². The second-order valence-electron chi connectivity index (χ2n) is 3.34. The first-order valence-electron chi connectivity index (χ1n) is 4.87. The molecule has 0 aromatic heterocycles. The molecule has 0 aromatic rings. The van der Waals surface area contributed by atoms with Gasteiger partial charge in [-0.25, -0.2) is 0 Å². The normalized spacial score (nSPS) is 34.2. The number of hydrogen-bond acceptors (Lipinski definition) is 3. The Morgan fingerprint density at radius 2 is 2.38 bits per heavy atom. The summed E-state index contributed by atoms with van der Waals surface area (Å²) < 4.78 is 10.7. The number of hydrogen-bond donors (Lipinski definition) is 1. The minimum absolute atomic E-state index is 0.0660. The van der Waals surface area contributed by atoms with E-state index in [9.17, 15) is 5.11 Å². The molecule has 1 rings (SSSR count). The third-order valence-corrected chi connectivity index (χ3v) is 2.28. The Morgan fingerprint density at radius 3 is 3.00 bits per heavy atom. The van der Waals surface area contributed by atoms with Crippen LogP contribution < -0.4 is 0 Å². The third kappa shape index (κ3) is 3.01. The molecule has 0 aliphatic carbocycles. The van der Waals surface area contributed by atoms with E-state index >= 15 is 0 Å². The van der Waals surface area contributed by atoms with Gasteiger partial charge >= 0.3 is 0 Å². The molecule has 1 aliphatic heterocycles. The molecule has 1 saturated heterocycles. The van der Waals surface area contributed by atoms with Gasteiger partial charge in [0.05, 0.1) is 18.5 Å². The lowest BCUT2D eigenvalue weighted by Gasteiger charge is -2.32. The van der Waals surface area contributed by atoms with Crippen LogP contribution in [0.2, 0.25) is 0 Å². The van der Waals surface area contributed by atoms with Gasteiger partial charge in [0.15, 0.2) is 6.29 Å². The van der Waals surface area contributed by atoms with Crippen LogP contribution in [0.3, 0.4) is 0 Å². The predicted octanol–water partition coefficient (Wildman–Crippen LogP) is 1.81. The molecular formula is C10H18O3. The summed E-state index contributed by atoms with van der Waals surface area (Å²) >= 11 is 0. The molecule has 13 heavy (non-hydrogen) atoms. The third-order valence-electron chi connectivity index (χ3n) is 2.28.